The number of aryl methyl sites for hydroxylation is 3. The molecule has 1 amide bonds. The fourth-order valence-corrected chi connectivity index (χ4v) is 1.90. The molecule has 2 rings (SSSR count). The van der Waals surface area contributed by atoms with Gasteiger partial charge in [-0.05, 0) is 31.5 Å². The Hall–Kier alpha value is -2.17. The van der Waals surface area contributed by atoms with Crippen molar-refractivity contribution in [1.82, 2.24) is 20.1 Å². The molecule has 0 aliphatic carbocycles. The van der Waals surface area contributed by atoms with Crippen LogP contribution in [0.1, 0.15) is 23.4 Å². The maximum Gasteiger partial charge on any atom is 0.222 e. The van der Waals surface area contributed by atoms with Gasteiger partial charge in [0.15, 0.2) is 0 Å². The highest BCUT2D eigenvalue weighted by Crippen LogP contribution is 2.02. The van der Waals surface area contributed by atoms with Crippen LogP contribution in [0.15, 0.2) is 30.6 Å². The molecule has 1 N–H and O–H groups in total. The number of carbonyl (C=O) groups excluding carboxylic acids is 1. The Bertz CT molecular complexity index is 548. The zero-order chi connectivity index (χ0) is 13.7. The number of amides is 1. The fraction of sp³-hybridized carbons (Fsp3) is 0.357. The summed E-state index contributed by atoms with van der Waals surface area (Å²) in [5.41, 5.74) is 3.06. The molecule has 0 aliphatic rings. The van der Waals surface area contributed by atoms with Gasteiger partial charge < -0.3 is 5.32 Å². The average molecular weight is 258 g/mol. The molecule has 5 heteroatoms. The Morgan fingerprint density at radius 1 is 1.42 bits per heavy atom. The molecule has 100 valence electrons. The highest BCUT2D eigenvalue weighted by atomic mass is 16.1. The van der Waals surface area contributed by atoms with Crippen molar-refractivity contribution in [2.24, 2.45) is 0 Å². The predicted octanol–water partition coefficient (Wildman–Crippen LogP) is 1.60. The highest BCUT2D eigenvalue weighted by molar-refractivity contribution is 5.75. The van der Waals surface area contributed by atoms with Gasteiger partial charge in [-0.3, -0.25) is 14.5 Å². The lowest BCUT2D eigenvalue weighted by Gasteiger charge is -2.06. The highest BCUT2D eigenvalue weighted by Gasteiger charge is 2.05. The van der Waals surface area contributed by atoms with Crippen molar-refractivity contribution in [2.45, 2.75) is 33.4 Å². The van der Waals surface area contributed by atoms with Crippen molar-refractivity contribution in [1.29, 1.82) is 0 Å². The Kier molecular flexibility index (Phi) is 4.28. The Morgan fingerprint density at radius 2 is 2.26 bits per heavy atom. The van der Waals surface area contributed by atoms with Gasteiger partial charge in [0, 0.05) is 37.6 Å². The summed E-state index contributed by atoms with van der Waals surface area (Å²) in [6.45, 7) is 5.07. The second-order valence-electron chi connectivity index (χ2n) is 4.54. The summed E-state index contributed by atoms with van der Waals surface area (Å²) < 4.78 is 1.86. The van der Waals surface area contributed by atoms with E-state index in [-0.39, 0.29) is 5.91 Å². The third-order valence-electron chi connectivity index (χ3n) is 2.87. The number of hydrogen-bond acceptors (Lipinski definition) is 3. The first-order valence-corrected chi connectivity index (χ1v) is 6.32. The van der Waals surface area contributed by atoms with Crippen molar-refractivity contribution in [3.63, 3.8) is 0 Å². The third kappa shape index (κ3) is 3.91. The van der Waals surface area contributed by atoms with Gasteiger partial charge >= 0.3 is 0 Å². The van der Waals surface area contributed by atoms with E-state index in [9.17, 15) is 4.79 Å². The van der Waals surface area contributed by atoms with E-state index in [0.717, 1.165) is 17.0 Å². The summed E-state index contributed by atoms with van der Waals surface area (Å²) in [4.78, 5) is 15.7. The van der Waals surface area contributed by atoms with E-state index in [2.05, 4.69) is 15.4 Å². The van der Waals surface area contributed by atoms with Crippen molar-refractivity contribution in [3.8, 4) is 0 Å². The van der Waals surface area contributed by atoms with Gasteiger partial charge in [0.1, 0.15) is 0 Å². The fourth-order valence-electron chi connectivity index (χ4n) is 1.90. The summed E-state index contributed by atoms with van der Waals surface area (Å²) in [5.74, 6) is 0.0245. The maximum absolute atomic E-state index is 11.7. The second-order valence-corrected chi connectivity index (χ2v) is 4.54. The van der Waals surface area contributed by atoms with Gasteiger partial charge in [0.05, 0.1) is 5.69 Å². The van der Waals surface area contributed by atoms with Crippen LogP contribution in [0, 0.1) is 13.8 Å². The van der Waals surface area contributed by atoms with Gasteiger partial charge in [0.2, 0.25) is 5.91 Å². The molecule has 0 atom stereocenters. The predicted molar refractivity (Wildman–Crippen MR) is 72.4 cm³/mol. The van der Waals surface area contributed by atoms with E-state index in [4.69, 9.17) is 0 Å². The van der Waals surface area contributed by atoms with E-state index in [1.807, 2.05) is 36.7 Å². The van der Waals surface area contributed by atoms with Crippen molar-refractivity contribution < 1.29 is 4.79 Å². The molecule has 2 aromatic heterocycles. The Morgan fingerprint density at radius 3 is 2.89 bits per heavy atom. The van der Waals surface area contributed by atoms with Crippen LogP contribution in [0.25, 0.3) is 0 Å². The molecule has 0 spiro atoms. The van der Waals surface area contributed by atoms with Gasteiger partial charge in [-0.1, -0.05) is 6.07 Å². The summed E-state index contributed by atoms with van der Waals surface area (Å²) in [5, 5.41) is 7.20. The largest absolute Gasteiger partial charge is 0.352 e. The zero-order valence-electron chi connectivity index (χ0n) is 11.3. The number of aromatic nitrogens is 3. The molecule has 2 aromatic rings. The van der Waals surface area contributed by atoms with Gasteiger partial charge in [-0.2, -0.15) is 5.10 Å². The lowest BCUT2D eigenvalue weighted by Crippen LogP contribution is -2.24. The third-order valence-corrected chi connectivity index (χ3v) is 2.87. The average Bonchev–Trinajstić information content (AvgIpc) is 2.73. The van der Waals surface area contributed by atoms with E-state index in [1.165, 1.54) is 0 Å². The Labute approximate surface area is 112 Å². The van der Waals surface area contributed by atoms with Gasteiger partial charge in [-0.25, -0.2) is 0 Å². The number of nitrogens with one attached hydrogen (secondary N) is 1. The number of nitrogens with zero attached hydrogens (tertiary/aromatic N) is 3. The van der Waals surface area contributed by atoms with Crippen LogP contribution in [0.5, 0.6) is 0 Å². The minimum Gasteiger partial charge on any atom is -0.352 e. The van der Waals surface area contributed by atoms with Gasteiger partial charge in [0.25, 0.3) is 0 Å². The molecule has 0 unspecified atom stereocenters. The summed E-state index contributed by atoms with van der Waals surface area (Å²) in [6, 6.07) is 5.80. The number of hydrogen-bond donors (Lipinski definition) is 1. The van der Waals surface area contributed by atoms with E-state index in [0.29, 0.717) is 19.5 Å². The van der Waals surface area contributed by atoms with Crippen LogP contribution in [0.4, 0.5) is 0 Å². The summed E-state index contributed by atoms with van der Waals surface area (Å²) in [6.07, 6.45) is 3.90. The number of rotatable bonds is 5. The van der Waals surface area contributed by atoms with E-state index < -0.39 is 0 Å². The number of carbonyl (C=O) groups is 1. The zero-order valence-corrected chi connectivity index (χ0v) is 11.3. The smallest absolute Gasteiger partial charge is 0.222 e. The number of pyridine rings is 1. The first kappa shape index (κ1) is 13.3. The lowest BCUT2D eigenvalue weighted by atomic mass is 10.3. The molecular weight excluding hydrogens is 240 g/mol. The molecule has 0 saturated carbocycles. The SMILES string of the molecule is Cc1cc(C)n(CCC(=O)NCc2cccnc2)n1. The molecule has 0 aliphatic heterocycles. The van der Waals surface area contributed by atoms with Crippen LogP contribution >= 0.6 is 0 Å². The monoisotopic (exact) mass is 258 g/mol. The first-order valence-electron chi connectivity index (χ1n) is 6.32. The lowest BCUT2D eigenvalue weighted by molar-refractivity contribution is -0.121. The first-order chi connectivity index (χ1) is 9.15. The molecule has 2 heterocycles. The van der Waals surface area contributed by atoms with Crippen LogP contribution in [-0.4, -0.2) is 20.7 Å². The van der Waals surface area contributed by atoms with E-state index >= 15 is 0 Å². The standard InChI is InChI=1S/C14H18N4O/c1-11-8-12(2)18(17-11)7-5-14(19)16-10-13-4-3-6-15-9-13/h3-4,6,8-9H,5,7,10H2,1-2H3,(H,16,19). The molecular formula is C14H18N4O. The van der Waals surface area contributed by atoms with Crippen molar-refractivity contribution in [2.75, 3.05) is 0 Å². The van der Waals surface area contributed by atoms with Crippen LogP contribution in [0.2, 0.25) is 0 Å². The minimum absolute atomic E-state index is 0.0245. The summed E-state index contributed by atoms with van der Waals surface area (Å²) >= 11 is 0. The molecule has 0 fully saturated rings. The molecule has 0 saturated heterocycles. The Balaban J connectivity index is 1.77. The molecule has 19 heavy (non-hydrogen) atoms. The van der Waals surface area contributed by atoms with Crippen molar-refractivity contribution in [3.05, 3.63) is 47.5 Å². The molecule has 0 aromatic carbocycles. The van der Waals surface area contributed by atoms with Crippen molar-refractivity contribution >= 4 is 5.91 Å². The topological polar surface area (TPSA) is 59.8 Å². The van der Waals surface area contributed by atoms with Crippen LogP contribution < -0.4 is 5.32 Å². The molecule has 0 radical (unpaired) electrons. The second kappa shape index (κ2) is 6.13. The van der Waals surface area contributed by atoms with Gasteiger partial charge in [-0.15, -0.1) is 0 Å². The normalized spacial score (nSPS) is 10.4. The molecule has 0 bridgehead atoms. The molecule has 5 nitrogen and oxygen atoms in total. The maximum atomic E-state index is 11.7. The van der Waals surface area contributed by atoms with Crippen LogP contribution in [0.3, 0.4) is 0 Å². The quantitative estimate of drug-likeness (QED) is 0.886. The van der Waals surface area contributed by atoms with Crippen LogP contribution in [-0.2, 0) is 17.9 Å². The minimum atomic E-state index is 0.0245. The van der Waals surface area contributed by atoms with E-state index in [1.54, 1.807) is 12.4 Å². The summed E-state index contributed by atoms with van der Waals surface area (Å²) in [7, 11) is 0.